The van der Waals surface area contributed by atoms with Crippen LogP contribution in [0.15, 0.2) is 18.2 Å². The first-order chi connectivity index (χ1) is 6.08. The number of halogens is 2. The molecule has 4 heteroatoms. The second-order valence-electron chi connectivity index (χ2n) is 2.77. The highest BCUT2D eigenvalue weighted by atomic mass is 35.5. The maximum absolute atomic E-state index is 8.96. The molecule has 0 amide bonds. The van der Waals surface area contributed by atoms with Gasteiger partial charge in [0.2, 0.25) is 0 Å². The van der Waals surface area contributed by atoms with Crippen LogP contribution in [0.1, 0.15) is 6.92 Å². The third kappa shape index (κ3) is 3.85. The van der Waals surface area contributed by atoms with Crippen LogP contribution in [0.25, 0.3) is 0 Å². The second kappa shape index (κ2) is 4.70. The van der Waals surface area contributed by atoms with Crippen molar-refractivity contribution in [1.29, 1.82) is 0 Å². The molecule has 1 N–H and O–H groups in total. The van der Waals surface area contributed by atoms with Crippen molar-refractivity contribution in [2.75, 3.05) is 6.61 Å². The van der Waals surface area contributed by atoms with Gasteiger partial charge >= 0.3 is 0 Å². The molecule has 1 atom stereocenters. The van der Waals surface area contributed by atoms with Crippen LogP contribution in [0.5, 0.6) is 5.75 Å². The summed E-state index contributed by atoms with van der Waals surface area (Å²) >= 11 is 11.5. The summed E-state index contributed by atoms with van der Waals surface area (Å²) in [7, 11) is 0. The van der Waals surface area contributed by atoms with Gasteiger partial charge in [0.1, 0.15) is 12.4 Å². The molecule has 0 aliphatic carbocycles. The molecule has 0 aliphatic rings. The van der Waals surface area contributed by atoms with Crippen LogP contribution in [0.2, 0.25) is 10.0 Å². The van der Waals surface area contributed by atoms with Crippen LogP contribution in [0.3, 0.4) is 0 Å². The van der Waals surface area contributed by atoms with E-state index in [1.54, 1.807) is 25.1 Å². The van der Waals surface area contributed by atoms with Crippen molar-refractivity contribution in [1.82, 2.24) is 0 Å². The van der Waals surface area contributed by atoms with Crippen molar-refractivity contribution in [3.05, 3.63) is 28.2 Å². The zero-order valence-electron chi connectivity index (χ0n) is 7.13. The van der Waals surface area contributed by atoms with Crippen LogP contribution < -0.4 is 4.74 Å². The van der Waals surface area contributed by atoms with Gasteiger partial charge in [0.05, 0.1) is 6.10 Å². The third-order valence-electron chi connectivity index (χ3n) is 1.33. The van der Waals surface area contributed by atoms with E-state index in [9.17, 15) is 0 Å². The first kappa shape index (κ1) is 10.6. The summed E-state index contributed by atoms with van der Waals surface area (Å²) in [6, 6.07) is 4.92. The molecule has 0 bridgehead atoms. The predicted molar refractivity (Wildman–Crippen MR) is 53.6 cm³/mol. The highest BCUT2D eigenvalue weighted by Gasteiger charge is 2.00. The first-order valence-corrected chi connectivity index (χ1v) is 4.60. The van der Waals surface area contributed by atoms with Gasteiger partial charge in [0.15, 0.2) is 0 Å². The quantitative estimate of drug-likeness (QED) is 0.850. The van der Waals surface area contributed by atoms with E-state index in [2.05, 4.69) is 0 Å². The van der Waals surface area contributed by atoms with E-state index in [1.165, 1.54) is 0 Å². The van der Waals surface area contributed by atoms with Gasteiger partial charge < -0.3 is 9.84 Å². The Hall–Kier alpha value is -0.440. The molecular weight excluding hydrogens is 211 g/mol. The smallest absolute Gasteiger partial charge is 0.122 e. The summed E-state index contributed by atoms with van der Waals surface area (Å²) in [6.07, 6.45) is -0.502. The van der Waals surface area contributed by atoms with Crippen molar-refractivity contribution in [3.63, 3.8) is 0 Å². The fourth-order valence-electron chi connectivity index (χ4n) is 0.829. The molecule has 72 valence electrons. The molecule has 0 spiro atoms. The Morgan fingerprint density at radius 1 is 1.31 bits per heavy atom. The lowest BCUT2D eigenvalue weighted by molar-refractivity contribution is 0.123. The Labute approximate surface area is 87.0 Å². The molecule has 0 saturated carbocycles. The number of rotatable bonds is 3. The molecule has 0 fully saturated rings. The fourth-order valence-corrected chi connectivity index (χ4v) is 1.33. The minimum atomic E-state index is -0.502. The largest absolute Gasteiger partial charge is 0.491 e. The van der Waals surface area contributed by atoms with Crippen LogP contribution >= 0.6 is 23.2 Å². The Kier molecular flexibility index (Phi) is 3.85. The third-order valence-corrected chi connectivity index (χ3v) is 1.76. The fraction of sp³-hybridized carbons (Fsp3) is 0.333. The summed E-state index contributed by atoms with van der Waals surface area (Å²) in [4.78, 5) is 0. The van der Waals surface area contributed by atoms with Gasteiger partial charge in [-0.25, -0.2) is 0 Å². The van der Waals surface area contributed by atoms with Gasteiger partial charge in [0.25, 0.3) is 0 Å². The van der Waals surface area contributed by atoms with Crippen LogP contribution in [0, 0.1) is 0 Å². The minimum Gasteiger partial charge on any atom is -0.491 e. The van der Waals surface area contributed by atoms with Gasteiger partial charge in [0, 0.05) is 10.0 Å². The zero-order valence-corrected chi connectivity index (χ0v) is 8.64. The van der Waals surface area contributed by atoms with Gasteiger partial charge in [-0.1, -0.05) is 23.2 Å². The number of aliphatic hydroxyl groups excluding tert-OH is 1. The average molecular weight is 221 g/mol. The van der Waals surface area contributed by atoms with Gasteiger partial charge in [-0.05, 0) is 25.1 Å². The molecule has 0 aromatic heterocycles. The Balaban J connectivity index is 2.66. The van der Waals surface area contributed by atoms with E-state index >= 15 is 0 Å². The van der Waals surface area contributed by atoms with Crippen LogP contribution in [-0.2, 0) is 0 Å². The molecule has 1 aromatic rings. The van der Waals surface area contributed by atoms with E-state index < -0.39 is 6.10 Å². The van der Waals surface area contributed by atoms with E-state index in [0.717, 1.165) is 0 Å². The normalized spacial score (nSPS) is 12.6. The Morgan fingerprint density at radius 3 is 2.31 bits per heavy atom. The molecule has 0 heterocycles. The minimum absolute atomic E-state index is 0.233. The lowest BCUT2D eigenvalue weighted by Gasteiger charge is -2.08. The monoisotopic (exact) mass is 220 g/mol. The average Bonchev–Trinajstić information content (AvgIpc) is 1.99. The number of ether oxygens (including phenoxy) is 1. The van der Waals surface area contributed by atoms with Crippen molar-refractivity contribution in [2.45, 2.75) is 13.0 Å². The summed E-state index contributed by atoms with van der Waals surface area (Å²) in [5.41, 5.74) is 0. The Morgan fingerprint density at radius 2 is 1.85 bits per heavy atom. The summed E-state index contributed by atoms with van der Waals surface area (Å²) in [5.74, 6) is 0.568. The van der Waals surface area contributed by atoms with E-state index in [0.29, 0.717) is 15.8 Å². The standard InChI is InChI=1S/C9H10Cl2O2/c1-6(12)5-13-9-3-7(10)2-8(11)4-9/h2-4,6,12H,5H2,1H3/t6-/m1/s1. The zero-order chi connectivity index (χ0) is 9.84. The molecule has 0 unspecified atom stereocenters. The topological polar surface area (TPSA) is 29.5 Å². The molecule has 2 nitrogen and oxygen atoms in total. The molecule has 0 aliphatic heterocycles. The van der Waals surface area contributed by atoms with Gasteiger partial charge in [-0.3, -0.25) is 0 Å². The SMILES string of the molecule is C[C@@H](O)COc1cc(Cl)cc(Cl)c1. The molecular formula is C9H10Cl2O2. The summed E-state index contributed by atoms with van der Waals surface area (Å²) < 4.78 is 5.21. The summed E-state index contributed by atoms with van der Waals surface area (Å²) in [6.45, 7) is 1.88. The van der Waals surface area contributed by atoms with E-state index in [1.807, 2.05) is 0 Å². The van der Waals surface area contributed by atoms with E-state index in [-0.39, 0.29) is 6.61 Å². The van der Waals surface area contributed by atoms with E-state index in [4.69, 9.17) is 33.0 Å². The van der Waals surface area contributed by atoms with Crippen molar-refractivity contribution < 1.29 is 9.84 Å². The molecule has 1 aromatic carbocycles. The van der Waals surface area contributed by atoms with Gasteiger partial charge in [-0.2, -0.15) is 0 Å². The number of aliphatic hydroxyl groups is 1. The van der Waals surface area contributed by atoms with Crippen LogP contribution in [0.4, 0.5) is 0 Å². The highest BCUT2D eigenvalue weighted by Crippen LogP contribution is 2.24. The molecule has 1 rings (SSSR count). The van der Waals surface area contributed by atoms with Gasteiger partial charge in [-0.15, -0.1) is 0 Å². The van der Waals surface area contributed by atoms with Crippen LogP contribution in [-0.4, -0.2) is 17.8 Å². The number of hydrogen-bond donors (Lipinski definition) is 1. The Bertz CT molecular complexity index is 267. The molecule has 0 saturated heterocycles. The number of hydrogen-bond acceptors (Lipinski definition) is 2. The molecule has 0 radical (unpaired) electrons. The van der Waals surface area contributed by atoms with Crippen molar-refractivity contribution in [3.8, 4) is 5.75 Å². The maximum Gasteiger partial charge on any atom is 0.122 e. The van der Waals surface area contributed by atoms with Crippen molar-refractivity contribution >= 4 is 23.2 Å². The van der Waals surface area contributed by atoms with Crippen molar-refractivity contribution in [2.24, 2.45) is 0 Å². The second-order valence-corrected chi connectivity index (χ2v) is 3.64. The lowest BCUT2D eigenvalue weighted by Crippen LogP contribution is -2.12. The first-order valence-electron chi connectivity index (χ1n) is 3.85. The number of benzene rings is 1. The highest BCUT2D eigenvalue weighted by molar-refractivity contribution is 6.34. The predicted octanol–water partition coefficient (Wildman–Crippen LogP) is 2.75. The maximum atomic E-state index is 8.96. The lowest BCUT2D eigenvalue weighted by atomic mass is 10.3. The summed E-state index contributed by atoms with van der Waals surface area (Å²) in [5, 5.41) is 10.0. The molecule has 13 heavy (non-hydrogen) atoms.